The molecule has 21 heavy (non-hydrogen) atoms. The lowest BCUT2D eigenvalue weighted by Crippen LogP contribution is -2.48. The Balaban J connectivity index is 2.18. The Morgan fingerprint density at radius 1 is 1.43 bits per heavy atom. The average Bonchev–Trinajstić information content (AvgIpc) is 2.40. The Bertz CT molecular complexity index is 533. The Morgan fingerprint density at radius 2 is 2.14 bits per heavy atom. The first-order valence-electron chi connectivity index (χ1n) is 6.26. The minimum absolute atomic E-state index is 0.0472. The van der Waals surface area contributed by atoms with Crippen LogP contribution < -0.4 is 5.73 Å². The number of hydrogen-bond donors (Lipinski definition) is 1. The summed E-state index contributed by atoms with van der Waals surface area (Å²) in [6, 6.07) is 2.56. The number of nitrogens with zero attached hydrogens (tertiary/aromatic N) is 1. The van der Waals surface area contributed by atoms with Gasteiger partial charge in [0.15, 0.2) is 0 Å². The van der Waals surface area contributed by atoms with Gasteiger partial charge in [-0.3, -0.25) is 9.69 Å². The number of benzene rings is 1. The summed E-state index contributed by atoms with van der Waals surface area (Å²) in [7, 11) is 0. The van der Waals surface area contributed by atoms with Crippen LogP contribution in [0.15, 0.2) is 18.2 Å². The van der Waals surface area contributed by atoms with E-state index in [1.807, 2.05) is 0 Å². The van der Waals surface area contributed by atoms with Gasteiger partial charge < -0.3 is 10.5 Å². The number of primary amides is 1. The van der Waals surface area contributed by atoms with Gasteiger partial charge in [0.05, 0.1) is 12.2 Å². The van der Waals surface area contributed by atoms with Crippen molar-refractivity contribution in [3.8, 4) is 0 Å². The molecule has 2 rings (SSSR count). The molecule has 1 unspecified atom stereocenters. The summed E-state index contributed by atoms with van der Waals surface area (Å²) in [5.41, 5.74) is 4.06. The van der Waals surface area contributed by atoms with E-state index in [4.69, 9.17) is 10.5 Å². The molecular weight excluding hydrogens is 292 g/mol. The van der Waals surface area contributed by atoms with E-state index in [2.05, 4.69) is 0 Å². The molecule has 1 aliphatic heterocycles. The molecular formula is C13H14F4N2O2. The maximum Gasteiger partial charge on any atom is 0.416 e. The van der Waals surface area contributed by atoms with Crippen LogP contribution in [-0.2, 0) is 22.3 Å². The van der Waals surface area contributed by atoms with Gasteiger partial charge in [0.25, 0.3) is 0 Å². The van der Waals surface area contributed by atoms with Gasteiger partial charge in [-0.05, 0) is 17.7 Å². The van der Waals surface area contributed by atoms with Crippen molar-refractivity contribution in [2.45, 2.75) is 18.8 Å². The largest absolute Gasteiger partial charge is 0.416 e. The lowest BCUT2D eigenvalue weighted by atomic mass is 10.1. The Kier molecular flexibility index (Phi) is 4.48. The van der Waals surface area contributed by atoms with E-state index in [1.54, 1.807) is 4.90 Å². The van der Waals surface area contributed by atoms with Crippen molar-refractivity contribution in [2.75, 3.05) is 19.7 Å². The van der Waals surface area contributed by atoms with Crippen LogP contribution in [-0.4, -0.2) is 36.6 Å². The van der Waals surface area contributed by atoms with Gasteiger partial charge in [0.2, 0.25) is 5.91 Å². The second kappa shape index (κ2) is 5.98. The highest BCUT2D eigenvalue weighted by atomic mass is 19.4. The molecule has 4 nitrogen and oxygen atoms in total. The van der Waals surface area contributed by atoms with Crippen LogP contribution in [0.3, 0.4) is 0 Å². The predicted octanol–water partition coefficient (Wildman–Crippen LogP) is 1.53. The van der Waals surface area contributed by atoms with Gasteiger partial charge in [0, 0.05) is 19.6 Å². The Labute approximate surface area is 118 Å². The van der Waals surface area contributed by atoms with E-state index in [1.165, 1.54) is 0 Å². The smallest absolute Gasteiger partial charge is 0.367 e. The van der Waals surface area contributed by atoms with Gasteiger partial charge in [-0.15, -0.1) is 0 Å². The normalized spacial score (nSPS) is 20.5. The number of nitrogens with two attached hydrogens (primary N) is 1. The van der Waals surface area contributed by atoms with Crippen molar-refractivity contribution in [1.29, 1.82) is 0 Å². The lowest BCUT2D eigenvalue weighted by Gasteiger charge is -2.31. The monoisotopic (exact) mass is 306 g/mol. The van der Waals surface area contributed by atoms with Crippen molar-refractivity contribution in [2.24, 2.45) is 5.73 Å². The summed E-state index contributed by atoms with van der Waals surface area (Å²) >= 11 is 0. The minimum atomic E-state index is -4.63. The third kappa shape index (κ3) is 3.92. The summed E-state index contributed by atoms with van der Waals surface area (Å²) in [5.74, 6) is -1.60. The van der Waals surface area contributed by atoms with Crippen LogP contribution in [0, 0.1) is 5.82 Å². The molecule has 0 aromatic heterocycles. The summed E-state index contributed by atoms with van der Waals surface area (Å²) in [5, 5.41) is 0. The molecule has 1 aromatic carbocycles. The third-order valence-electron chi connectivity index (χ3n) is 3.24. The van der Waals surface area contributed by atoms with Gasteiger partial charge in [-0.2, -0.15) is 13.2 Å². The molecule has 0 bridgehead atoms. The number of ether oxygens (including phenoxy) is 1. The maximum absolute atomic E-state index is 13.0. The topological polar surface area (TPSA) is 55.6 Å². The zero-order valence-corrected chi connectivity index (χ0v) is 11.0. The molecule has 8 heteroatoms. The molecule has 1 atom stereocenters. The fourth-order valence-corrected chi connectivity index (χ4v) is 2.21. The first-order valence-corrected chi connectivity index (χ1v) is 6.26. The SMILES string of the molecule is NC(=O)C1CN(Cc2ccc(F)cc2C(F)(F)F)CCO1. The third-order valence-corrected chi connectivity index (χ3v) is 3.24. The second-order valence-corrected chi connectivity index (χ2v) is 4.80. The van der Waals surface area contributed by atoms with E-state index >= 15 is 0 Å². The number of hydrogen-bond acceptors (Lipinski definition) is 3. The molecule has 0 saturated carbocycles. The van der Waals surface area contributed by atoms with Gasteiger partial charge in [0.1, 0.15) is 11.9 Å². The first-order chi connectivity index (χ1) is 9.77. The van der Waals surface area contributed by atoms with E-state index in [9.17, 15) is 22.4 Å². The molecule has 1 aromatic rings. The zero-order chi connectivity index (χ0) is 15.6. The molecule has 2 N–H and O–H groups in total. The van der Waals surface area contributed by atoms with Gasteiger partial charge in [-0.25, -0.2) is 4.39 Å². The van der Waals surface area contributed by atoms with Gasteiger partial charge >= 0.3 is 6.18 Å². The molecule has 116 valence electrons. The number of rotatable bonds is 3. The first kappa shape index (κ1) is 15.7. The Morgan fingerprint density at radius 3 is 2.76 bits per heavy atom. The molecule has 1 aliphatic rings. The fourth-order valence-electron chi connectivity index (χ4n) is 2.21. The number of carbonyl (C=O) groups is 1. The van der Waals surface area contributed by atoms with E-state index in [0.717, 1.165) is 12.1 Å². The molecule has 0 radical (unpaired) electrons. The zero-order valence-electron chi connectivity index (χ0n) is 11.0. The van der Waals surface area contributed by atoms with E-state index < -0.39 is 29.6 Å². The molecule has 1 fully saturated rings. The summed E-state index contributed by atoms with van der Waals surface area (Å²) in [6.45, 7) is 0.640. The minimum Gasteiger partial charge on any atom is -0.367 e. The van der Waals surface area contributed by atoms with Crippen molar-refractivity contribution in [1.82, 2.24) is 4.90 Å². The van der Waals surface area contributed by atoms with Crippen LogP contribution in [0.25, 0.3) is 0 Å². The highest BCUT2D eigenvalue weighted by Crippen LogP contribution is 2.33. The highest BCUT2D eigenvalue weighted by molar-refractivity contribution is 5.79. The van der Waals surface area contributed by atoms with Crippen LogP contribution in [0.5, 0.6) is 0 Å². The van der Waals surface area contributed by atoms with Crippen LogP contribution in [0.2, 0.25) is 0 Å². The van der Waals surface area contributed by atoms with Crippen molar-refractivity contribution < 1.29 is 27.1 Å². The number of alkyl halides is 3. The quantitative estimate of drug-likeness (QED) is 0.862. The Hall–Kier alpha value is -1.67. The highest BCUT2D eigenvalue weighted by Gasteiger charge is 2.34. The van der Waals surface area contributed by atoms with Crippen molar-refractivity contribution >= 4 is 5.91 Å². The standard InChI is InChI=1S/C13H14F4N2O2/c14-9-2-1-8(10(5-9)13(15,16)17)6-19-3-4-21-11(7-19)12(18)20/h1-2,5,11H,3-4,6-7H2,(H2,18,20). The van der Waals surface area contributed by atoms with Crippen molar-refractivity contribution in [3.05, 3.63) is 35.1 Å². The molecule has 0 spiro atoms. The summed E-state index contributed by atoms with van der Waals surface area (Å²) < 4.78 is 56.9. The lowest BCUT2D eigenvalue weighted by molar-refractivity contribution is -0.140. The number of halogens is 4. The summed E-state index contributed by atoms with van der Waals surface area (Å²) in [6.07, 6.45) is -5.47. The second-order valence-electron chi connectivity index (χ2n) is 4.80. The number of amides is 1. The van der Waals surface area contributed by atoms with E-state index in [0.29, 0.717) is 12.6 Å². The molecule has 1 saturated heterocycles. The summed E-state index contributed by atoms with van der Waals surface area (Å²) in [4.78, 5) is 12.7. The maximum atomic E-state index is 13.0. The fraction of sp³-hybridized carbons (Fsp3) is 0.462. The van der Waals surface area contributed by atoms with E-state index in [-0.39, 0.29) is 25.3 Å². The van der Waals surface area contributed by atoms with Crippen LogP contribution in [0.1, 0.15) is 11.1 Å². The average molecular weight is 306 g/mol. The van der Waals surface area contributed by atoms with Gasteiger partial charge in [-0.1, -0.05) is 6.07 Å². The number of carbonyl (C=O) groups excluding carboxylic acids is 1. The van der Waals surface area contributed by atoms with Crippen LogP contribution in [0.4, 0.5) is 17.6 Å². The number of morpholine rings is 1. The molecule has 1 heterocycles. The van der Waals surface area contributed by atoms with Crippen molar-refractivity contribution in [3.63, 3.8) is 0 Å². The van der Waals surface area contributed by atoms with Crippen LogP contribution >= 0.6 is 0 Å². The molecule has 0 aliphatic carbocycles. The predicted molar refractivity (Wildman–Crippen MR) is 65.6 cm³/mol. The molecule has 1 amide bonds.